The molecular weight excluding hydrogens is 275 g/mol. The summed E-state index contributed by atoms with van der Waals surface area (Å²) in [7, 11) is 1.60. The van der Waals surface area contributed by atoms with E-state index in [-0.39, 0.29) is 5.69 Å². The van der Waals surface area contributed by atoms with E-state index in [2.05, 4.69) is 5.32 Å². The Hall–Kier alpha value is -2.63. The summed E-state index contributed by atoms with van der Waals surface area (Å²) in [5.41, 5.74) is 0.725. The lowest BCUT2D eigenvalue weighted by molar-refractivity contribution is -0.386. The summed E-state index contributed by atoms with van der Waals surface area (Å²) < 4.78 is 18.5. The van der Waals surface area contributed by atoms with Gasteiger partial charge in [-0.05, 0) is 36.2 Å². The molecule has 0 saturated heterocycles. The Morgan fingerprint density at radius 2 is 1.95 bits per heavy atom. The molecule has 2 aromatic carbocycles. The first kappa shape index (κ1) is 14.8. The number of benzene rings is 2. The molecule has 0 aromatic heterocycles. The van der Waals surface area contributed by atoms with Crippen LogP contribution in [0, 0.1) is 15.9 Å². The third-order valence-electron chi connectivity index (χ3n) is 3.06. The first-order valence-electron chi connectivity index (χ1n) is 6.41. The van der Waals surface area contributed by atoms with Gasteiger partial charge < -0.3 is 10.1 Å². The Bertz CT molecular complexity index is 629. The van der Waals surface area contributed by atoms with E-state index >= 15 is 0 Å². The zero-order chi connectivity index (χ0) is 15.2. The minimum Gasteiger partial charge on any atom is -0.497 e. The molecule has 2 rings (SSSR count). The van der Waals surface area contributed by atoms with Crippen molar-refractivity contribution in [3.63, 3.8) is 0 Å². The van der Waals surface area contributed by atoms with E-state index in [4.69, 9.17) is 4.74 Å². The number of nitrogens with one attached hydrogen (secondary N) is 1. The standard InChI is InChI=1S/C15H15FN2O3/c1-21-12-7-5-11(6-8-12)9-10-17-14-4-2-3-13(16)15(14)18(19)20/h2-8,17H,9-10H2,1H3. The number of rotatable bonds is 6. The summed E-state index contributed by atoms with van der Waals surface area (Å²) >= 11 is 0. The van der Waals surface area contributed by atoms with Crippen LogP contribution in [0.4, 0.5) is 15.8 Å². The zero-order valence-corrected chi connectivity index (χ0v) is 11.5. The molecule has 2 aromatic rings. The van der Waals surface area contributed by atoms with Crippen LogP contribution in [0.3, 0.4) is 0 Å². The van der Waals surface area contributed by atoms with Crippen LogP contribution in [-0.2, 0) is 6.42 Å². The van der Waals surface area contributed by atoms with E-state index < -0.39 is 16.4 Å². The molecule has 0 atom stereocenters. The van der Waals surface area contributed by atoms with Gasteiger partial charge in [0.2, 0.25) is 5.82 Å². The molecule has 1 N–H and O–H groups in total. The molecule has 21 heavy (non-hydrogen) atoms. The molecule has 0 heterocycles. The van der Waals surface area contributed by atoms with Crippen molar-refractivity contribution < 1.29 is 14.1 Å². The van der Waals surface area contributed by atoms with Crippen LogP contribution in [0.25, 0.3) is 0 Å². The van der Waals surface area contributed by atoms with Crippen LogP contribution in [-0.4, -0.2) is 18.6 Å². The van der Waals surface area contributed by atoms with E-state index in [1.165, 1.54) is 12.1 Å². The number of ether oxygens (including phenoxy) is 1. The summed E-state index contributed by atoms with van der Waals surface area (Å²) in [6, 6.07) is 11.5. The van der Waals surface area contributed by atoms with E-state index in [0.717, 1.165) is 17.4 Å². The molecule has 5 nitrogen and oxygen atoms in total. The topological polar surface area (TPSA) is 64.4 Å². The SMILES string of the molecule is COc1ccc(CCNc2cccc(F)c2[N+](=O)[O-])cc1. The molecule has 0 unspecified atom stereocenters. The fraction of sp³-hybridized carbons (Fsp3) is 0.200. The van der Waals surface area contributed by atoms with Crippen molar-refractivity contribution in [3.05, 3.63) is 64.0 Å². The largest absolute Gasteiger partial charge is 0.497 e. The highest BCUT2D eigenvalue weighted by Gasteiger charge is 2.19. The lowest BCUT2D eigenvalue weighted by Crippen LogP contribution is -2.07. The number of para-hydroxylation sites is 1. The zero-order valence-electron chi connectivity index (χ0n) is 11.5. The second kappa shape index (κ2) is 6.69. The van der Waals surface area contributed by atoms with Gasteiger partial charge in [0, 0.05) is 6.54 Å². The number of nitro groups is 1. The molecule has 0 amide bonds. The van der Waals surface area contributed by atoms with Crippen LogP contribution >= 0.6 is 0 Å². The van der Waals surface area contributed by atoms with Gasteiger partial charge in [-0.1, -0.05) is 18.2 Å². The second-order valence-corrected chi connectivity index (χ2v) is 4.42. The molecule has 0 spiro atoms. The Kier molecular flexibility index (Phi) is 4.71. The molecule has 0 bridgehead atoms. The van der Waals surface area contributed by atoms with Gasteiger partial charge in [-0.3, -0.25) is 10.1 Å². The van der Waals surface area contributed by atoms with E-state index in [9.17, 15) is 14.5 Å². The van der Waals surface area contributed by atoms with Crippen molar-refractivity contribution in [2.75, 3.05) is 19.0 Å². The summed E-state index contributed by atoms with van der Waals surface area (Å²) in [6.07, 6.45) is 0.664. The Morgan fingerprint density at radius 1 is 1.24 bits per heavy atom. The highest BCUT2D eigenvalue weighted by Crippen LogP contribution is 2.27. The highest BCUT2D eigenvalue weighted by molar-refractivity contribution is 5.61. The number of hydrogen-bond acceptors (Lipinski definition) is 4. The Labute approximate surface area is 121 Å². The number of nitrogens with zero attached hydrogens (tertiary/aromatic N) is 1. The molecule has 0 radical (unpaired) electrons. The third kappa shape index (κ3) is 3.68. The van der Waals surface area contributed by atoms with Gasteiger partial charge in [-0.25, -0.2) is 0 Å². The molecule has 0 aliphatic heterocycles. The van der Waals surface area contributed by atoms with Crippen LogP contribution in [0.5, 0.6) is 5.75 Å². The highest BCUT2D eigenvalue weighted by atomic mass is 19.1. The van der Waals surface area contributed by atoms with Crippen molar-refractivity contribution >= 4 is 11.4 Å². The van der Waals surface area contributed by atoms with Crippen molar-refractivity contribution in [1.82, 2.24) is 0 Å². The van der Waals surface area contributed by atoms with E-state index in [1.807, 2.05) is 24.3 Å². The number of anilines is 1. The van der Waals surface area contributed by atoms with Gasteiger partial charge in [0.1, 0.15) is 11.4 Å². The summed E-state index contributed by atoms with van der Waals surface area (Å²) in [5.74, 6) is -0.0677. The third-order valence-corrected chi connectivity index (χ3v) is 3.06. The normalized spacial score (nSPS) is 10.2. The molecule has 0 saturated carbocycles. The second-order valence-electron chi connectivity index (χ2n) is 4.42. The molecule has 0 aliphatic carbocycles. The monoisotopic (exact) mass is 290 g/mol. The van der Waals surface area contributed by atoms with Crippen molar-refractivity contribution in [1.29, 1.82) is 0 Å². The average molecular weight is 290 g/mol. The quantitative estimate of drug-likeness (QED) is 0.654. The maximum absolute atomic E-state index is 13.4. The summed E-state index contributed by atoms with van der Waals surface area (Å²) in [5, 5.41) is 13.8. The van der Waals surface area contributed by atoms with Crippen LogP contribution in [0.1, 0.15) is 5.56 Å². The maximum atomic E-state index is 13.4. The maximum Gasteiger partial charge on any atom is 0.327 e. The first-order chi connectivity index (χ1) is 10.1. The van der Waals surface area contributed by atoms with Crippen LogP contribution < -0.4 is 10.1 Å². The van der Waals surface area contributed by atoms with Crippen molar-refractivity contribution in [3.8, 4) is 5.75 Å². The van der Waals surface area contributed by atoms with Crippen LogP contribution in [0.2, 0.25) is 0 Å². The molecule has 110 valence electrons. The van der Waals surface area contributed by atoms with Gasteiger partial charge in [0.25, 0.3) is 0 Å². The van der Waals surface area contributed by atoms with Crippen molar-refractivity contribution in [2.45, 2.75) is 6.42 Å². The summed E-state index contributed by atoms with van der Waals surface area (Å²) in [4.78, 5) is 10.1. The lowest BCUT2D eigenvalue weighted by atomic mass is 10.1. The summed E-state index contributed by atoms with van der Waals surface area (Å²) in [6.45, 7) is 0.469. The average Bonchev–Trinajstić information content (AvgIpc) is 2.47. The van der Waals surface area contributed by atoms with Gasteiger partial charge >= 0.3 is 5.69 Å². The molecule has 0 aliphatic rings. The predicted octanol–water partition coefficient (Wildman–Crippen LogP) is 3.40. The van der Waals surface area contributed by atoms with E-state index in [0.29, 0.717) is 13.0 Å². The number of halogens is 1. The van der Waals surface area contributed by atoms with Gasteiger partial charge in [-0.15, -0.1) is 0 Å². The fourth-order valence-electron chi connectivity index (χ4n) is 1.98. The first-order valence-corrected chi connectivity index (χ1v) is 6.41. The number of methoxy groups -OCH3 is 1. The van der Waals surface area contributed by atoms with Gasteiger partial charge in [0.05, 0.1) is 12.0 Å². The fourth-order valence-corrected chi connectivity index (χ4v) is 1.98. The predicted molar refractivity (Wildman–Crippen MR) is 78.2 cm³/mol. The molecular formula is C15H15FN2O3. The number of hydrogen-bond donors (Lipinski definition) is 1. The minimum atomic E-state index is -0.838. The van der Waals surface area contributed by atoms with E-state index in [1.54, 1.807) is 7.11 Å². The van der Waals surface area contributed by atoms with Gasteiger partial charge in [-0.2, -0.15) is 4.39 Å². The van der Waals surface area contributed by atoms with Gasteiger partial charge in [0.15, 0.2) is 0 Å². The Balaban J connectivity index is 2.00. The van der Waals surface area contributed by atoms with Crippen LogP contribution in [0.15, 0.2) is 42.5 Å². The number of nitro benzene ring substituents is 1. The van der Waals surface area contributed by atoms with Crippen molar-refractivity contribution in [2.24, 2.45) is 0 Å². The Morgan fingerprint density at radius 3 is 2.57 bits per heavy atom. The molecule has 0 fully saturated rings. The molecule has 6 heteroatoms. The minimum absolute atomic E-state index is 0.188. The lowest BCUT2D eigenvalue weighted by Gasteiger charge is -2.08. The smallest absolute Gasteiger partial charge is 0.327 e.